The molecule has 0 heterocycles. The zero-order valence-corrected chi connectivity index (χ0v) is 6.23. The first kappa shape index (κ1) is 7.69. The minimum Gasteiger partial charge on any atom is -0.469 e. The summed E-state index contributed by atoms with van der Waals surface area (Å²) in [6.45, 7) is 2.07. The molecule has 0 aromatic heterocycles. The summed E-state index contributed by atoms with van der Waals surface area (Å²) in [7, 11) is 2.27. The number of methoxy groups -OCH3 is 1. The van der Waals surface area contributed by atoms with Crippen molar-refractivity contribution in [3.8, 4) is 0 Å². The molecule has 8 heavy (non-hydrogen) atoms. The second kappa shape index (κ2) is 4.84. The highest BCUT2D eigenvalue weighted by Gasteiger charge is 1.95. The van der Waals surface area contributed by atoms with Gasteiger partial charge in [-0.2, -0.15) is 0 Å². The number of rotatable bonds is 3. The Kier molecular flexibility index (Phi) is 4.65. The first-order valence-electron chi connectivity index (χ1n) is 2.52. The van der Waals surface area contributed by atoms with Gasteiger partial charge in [-0.3, -0.25) is 4.79 Å². The second-order valence-electron chi connectivity index (χ2n) is 1.43. The Balaban J connectivity index is 2.99. The van der Waals surface area contributed by atoms with Crippen molar-refractivity contribution in [2.75, 3.05) is 7.11 Å². The molecule has 0 saturated carbocycles. The number of esters is 1. The minimum atomic E-state index is -0.0978. The maximum atomic E-state index is 10.4. The lowest BCUT2D eigenvalue weighted by atomic mass is 10.5. The third-order valence-electron chi connectivity index (χ3n) is 0.807. The molecule has 0 bridgehead atoms. The lowest BCUT2D eigenvalue weighted by molar-refractivity contribution is -0.140. The van der Waals surface area contributed by atoms with Gasteiger partial charge in [0.25, 0.3) is 0 Å². The molecule has 2 radical (unpaired) electrons. The van der Waals surface area contributed by atoms with Crippen molar-refractivity contribution < 1.29 is 9.53 Å². The number of carbonyl (C=O) groups excluding carboxylic acids is 1. The molecule has 46 valence electrons. The summed E-state index contributed by atoms with van der Waals surface area (Å²) in [4.78, 5) is 10.4. The van der Waals surface area contributed by atoms with Crippen molar-refractivity contribution in [3.63, 3.8) is 0 Å². The van der Waals surface area contributed by atoms with Crippen LogP contribution in [0.25, 0.3) is 0 Å². The van der Waals surface area contributed by atoms with E-state index >= 15 is 0 Å². The molecular formula is C5H10O2Si. The summed E-state index contributed by atoms with van der Waals surface area (Å²) >= 11 is 0. The average Bonchev–Trinajstić information content (AvgIpc) is 1.83. The molecular weight excluding hydrogens is 120 g/mol. The van der Waals surface area contributed by atoms with Gasteiger partial charge in [-0.15, -0.1) is 0 Å². The zero-order valence-electron chi connectivity index (χ0n) is 5.23. The third-order valence-corrected chi connectivity index (χ3v) is 1.56. The molecule has 0 spiro atoms. The van der Waals surface area contributed by atoms with Crippen LogP contribution in [-0.2, 0) is 9.53 Å². The van der Waals surface area contributed by atoms with Gasteiger partial charge in [0.05, 0.1) is 7.11 Å². The fourth-order valence-electron chi connectivity index (χ4n) is 0.329. The fourth-order valence-corrected chi connectivity index (χ4v) is 0.783. The van der Waals surface area contributed by atoms with E-state index in [1.807, 2.05) is 0 Å². The zero-order chi connectivity index (χ0) is 6.41. The first-order chi connectivity index (χ1) is 3.81. The molecule has 0 amide bonds. The summed E-state index contributed by atoms with van der Waals surface area (Å²) in [5.74, 6) is -0.0978. The molecule has 2 nitrogen and oxygen atoms in total. The van der Waals surface area contributed by atoms with Crippen LogP contribution in [0.3, 0.4) is 0 Å². The van der Waals surface area contributed by atoms with Crippen LogP contribution < -0.4 is 0 Å². The number of ether oxygens (including phenoxy) is 1. The molecule has 0 saturated heterocycles. The highest BCUT2D eigenvalue weighted by molar-refractivity contribution is 6.33. The average molecular weight is 130 g/mol. The Morgan fingerprint density at radius 1 is 1.75 bits per heavy atom. The van der Waals surface area contributed by atoms with Crippen molar-refractivity contribution in [3.05, 3.63) is 0 Å². The predicted molar refractivity (Wildman–Crippen MR) is 33.1 cm³/mol. The maximum absolute atomic E-state index is 10.4. The van der Waals surface area contributed by atoms with E-state index in [9.17, 15) is 4.79 Å². The molecule has 0 aromatic rings. The Bertz CT molecular complexity index is 72.8. The van der Waals surface area contributed by atoms with Crippen LogP contribution in [0, 0.1) is 0 Å². The van der Waals surface area contributed by atoms with Crippen molar-refractivity contribution >= 4 is 15.5 Å². The molecule has 0 rings (SSSR count). The lowest BCUT2D eigenvalue weighted by Crippen LogP contribution is -1.99. The molecule has 0 N–H and O–H groups in total. The topological polar surface area (TPSA) is 26.3 Å². The van der Waals surface area contributed by atoms with E-state index in [1.165, 1.54) is 7.11 Å². The van der Waals surface area contributed by atoms with E-state index in [0.717, 1.165) is 15.6 Å². The molecule has 0 fully saturated rings. The molecule has 0 aliphatic heterocycles. The molecule has 3 heteroatoms. The monoisotopic (exact) mass is 130 g/mol. The van der Waals surface area contributed by atoms with Crippen LogP contribution in [0.5, 0.6) is 0 Å². The maximum Gasteiger partial charge on any atom is 0.305 e. The summed E-state index contributed by atoms with van der Waals surface area (Å²) in [5.41, 5.74) is 0. The van der Waals surface area contributed by atoms with Crippen LogP contribution in [0.2, 0.25) is 12.6 Å². The predicted octanol–water partition coefficient (Wildman–Crippen LogP) is 0.720. The van der Waals surface area contributed by atoms with Gasteiger partial charge in [0.15, 0.2) is 0 Å². The lowest BCUT2D eigenvalue weighted by Gasteiger charge is -1.93. The SMILES string of the molecule is COC(=O)CC[Si]C. The van der Waals surface area contributed by atoms with E-state index in [-0.39, 0.29) is 5.97 Å². The van der Waals surface area contributed by atoms with Gasteiger partial charge in [-0.1, -0.05) is 12.6 Å². The van der Waals surface area contributed by atoms with E-state index in [4.69, 9.17) is 0 Å². The number of carbonyl (C=O) groups is 1. The molecule has 0 unspecified atom stereocenters. The Morgan fingerprint density at radius 2 is 2.38 bits per heavy atom. The van der Waals surface area contributed by atoms with Crippen LogP contribution >= 0.6 is 0 Å². The van der Waals surface area contributed by atoms with Crippen LogP contribution in [-0.4, -0.2) is 22.6 Å². The van der Waals surface area contributed by atoms with Gasteiger partial charge < -0.3 is 4.74 Å². The van der Waals surface area contributed by atoms with Crippen molar-refractivity contribution in [1.29, 1.82) is 0 Å². The smallest absolute Gasteiger partial charge is 0.305 e. The molecule has 0 aliphatic carbocycles. The van der Waals surface area contributed by atoms with Crippen molar-refractivity contribution in [2.45, 2.75) is 19.0 Å². The van der Waals surface area contributed by atoms with E-state index in [2.05, 4.69) is 11.3 Å². The Labute approximate surface area is 52.0 Å². The Morgan fingerprint density at radius 3 is 2.75 bits per heavy atom. The standard InChI is InChI=1S/C5H10O2Si/c1-7-5(6)3-4-8-2/h3-4H2,1-2H3. The number of hydrogen-bond acceptors (Lipinski definition) is 2. The summed E-state index contributed by atoms with van der Waals surface area (Å²) < 4.78 is 4.42. The quantitative estimate of drug-likeness (QED) is 0.415. The van der Waals surface area contributed by atoms with E-state index in [0.29, 0.717) is 6.42 Å². The van der Waals surface area contributed by atoms with Crippen molar-refractivity contribution in [2.24, 2.45) is 0 Å². The van der Waals surface area contributed by atoms with Gasteiger partial charge >= 0.3 is 5.97 Å². The van der Waals surface area contributed by atoms with Crippen LogP contribution in [0.4, 0.5) is 0 Å². The van der Waals surface area contributed by atoms with Gasteiger partial charge in [0.2, 0.25) is 0 Å². The fraction of sp³-hybridized carbons (Fsp3) is 0.800. The minimum absolute atomic E-state index is 0.0978. The highest BCUT2D eigenvalue weighted by Crippen LogP contribution is 1.89. The highest BCUT2D eigenvalue weighted by atomic mass is 28.2. The third kappa shape index (κ3) is 3.86. The summed E-state index contributed by atoms with van der Waals surface area (Å²) in [6, 6.07) is 0.965. The molecule has 0 aromatic carbocycles. The molecule has 0 atom stereocenters. The van der Waals surface area contributed by atoms with Gasteiger partial charge in [-0.25, -0.2) is 0 Å². The van der Waals surface area contributed by atoms with Gasteiger partial charge in [0.1, 0.15) is 0 Å². The van der Waals surface area contributed by atoms with Crippen LogP contribution in [0.15, 0.2) is 0 Å². The van der Waals surface area contributed by atoms with Gasteiger partial charge in [0, 0.05) is 15.9 Å². The largest absolute Gasteiger partial charge is 0.469 e. The van der Waals surface area contributed by atoms with E-state index in [1.54, 1.807) is 0 Å². The van der Waals surface area contributed by atoms with Crippen LogP contribution in [0.1, 0.15) is 6.42 Å². The normalized spacial score (nSPS) is 8.75. The second-order valence-corrected chi connectivity index (χ2v) is 2.64. The van der Waals surface area contributed by atoms with E-state index < -0.39 is 0 Å². The van der Waals surface area contributed by atoms with Gasteiger partial charge in [-0.05, 0) is 0 Å². The Hall–Kier alpha value is -0.313. The molecule has 0 aliphatic rings. The summed E-state index contributed by atoms with van der Waals surface area (Å²) in [6.07, 6.45) is 0.575. The number of hydrogen-bond donors (Lipinski definition) is 0. The summed E-state index contributed by atoms with van der Waals surface area (Å²) in [5, 5.41) is 0. The van der Waals surface area contributed by atoms with Crippen molar-refractivity contribution in [1.82, 2.24) is 0 Å². The first-order valence-corrected chi connectivity index (χ1v) is 4.23.